The highest BCUT2D eigenvalue weighted by Crippen LogP contribution is 2.40. The van der Waals surface area contributed by atoms with Crippen LogP contribution in [0.15, 0.2) is 18.2 Å². The maximum absolute atomic E-state index is 12.0. The summed E-state index contributed by atoms with van der Waals surface area (Å²) in [5.41, 5.74) is 3.81. The molecule has 2 aliphatic carbocycles. The van der Waals surface area contributed by atoms with E-state index in [1.165, 1.54) is 24.0 Å². The predicted octanol–water partition coefficient (Wildman–Crippen LogP) is 3.01. The molecule has 1 saturated carbocycles. The Morgan fingerprint density at radius 3 is 2.73 bits per heavy atom. The summed E-state index contributed by atoms with van der Waals surface area (Å²) in [6.07, 6.45) is 4.71. The van der Waals surface area contributed by atoms with Gasteiger partial charge in [-0.2, -0.15) is 0 Å². The van der Waals surface area contributed by atoms with E-state index >= 15 is 0 Å². The van der Waals surface area contributed by atoms with Crippen LogP contribution in [0.25, 0.3) is 0 Å². The van der Waals surface area contributed by atoms with E-state index in [1.54, 1.807) is 0 Å². The average Bonchev–Trinajstić information content (AvgIpc) is 2.80. The molecule has 1 fully saturated rings. The normalized spacial score (nSPS) is 27.5. The lowest BCUT2D eigenvalue weighted by atomic mass is 10.0. The van der Waals surface area contributed by atoms with Gasteiger partial charge in [0.25, 0.3) is 0 Å². The zero-order valence-electron chi connectivity index (χ0n) is 9.12. The molecule has 0 amide bonds. The molecule has 0 aliphatic heterocycles. The van der Waals surface area contributed by atoms with Gasteiger partial charge in [-0.1, -0.05) is 19.1 Å². The number of benzene rings is 1. The first-order valence-electron chi connectivity index (χ1n) is 5.92. The van der Waals surface area contributed by atoms with Crippen molar-refractivity contribution in [3.63, 3.8) is 0 Å². The summed E-state index contributed by atoms with van der Waals surface area (Å²) in [4.78, 5) is 12.0. The van der Waals surface area contributed by atoms with Crippen LogP contribution >= 0.6 is 0 Å². The minimum Gasteiger partial charge on any atom is -0.294 e. The molecule has 2 atom stereocenters. The molecule has 1 nitrogen and oxygen atoms in total. The molecule has 0 bridgehead atoms. The van der Waals surface area contributed by atoms with Gasteiger partial charge in [0.1, 0.15) is 0 Å². The van der Waals surface area contributed by atoms with Gasteiger partial charge in [0, 0.05) is 11.5 Å². The van der Waals surface area contributed by atoms with Crippen LogP contribution < -0.4 is 0 Å². The van der Waals surface area contributed by atoms with Gasteiger partial charge < -0.3 is 0 Å². The molecule has 0 N–H and O–H groups in total. The van der Waals surface area contributed by atoms with Crippen LogP contribution in [0.5, 0.6) is 0 Å². The van der Waals surface area contributed by atoms with Gasteiger partial charge in [0.15, 0.2) is 5.78 Å². The van der Waals surface area contributed by atoms with Crippen LogP contribution in [0.3, 0.4) is 0 Å². The van der Waals surface area contributed by atoms with E-state index in [1.807, 2.05) is 6.07 Å². The third-order valence-electron chi connectivity index (χ3n) is 3.83. The van der Waals surface area contributed by atoms with E-state index in [2.05, 4.69) is 19.1 Å². The summed E-state index contributed by atoms with van der Waals surface area (Å²) >= 11 is 0. The molecule has 0 aromatic heterocycles. The summed E-state index contributed by atoms with van der Waals surface area (Å²) in [6.45, 7) is 2.16. The van der Waals surface area contributed by atoms with Crippen LogP contribution in [0, 0.1) is 11.8 Å². The van der Waals surface area contributed by atoms with Crippen LogP contribution in [0.4, 0.5) is 0 Å². The van der Waals surface area contributed by atoms with Crippen molar-refractivity contribution >= 4 is 5.78 Å². The summed E-state index contributed by atoms with van der Waals surface area (Å²) < 4.78 is 0. The van der Waals surface area contributed by atoms with Crippen molar-refractivity contribution in [3.05, 3.63) is 34.9 Å². The first kappa shape index (κ1) is 9.14. The molecule has 3 rings (SSSR count). The van der Waals surface area contributed by atoms with Gasteiger partial charge in [-0.05, 0) is 48.8 Å². The largest absolute Gasteiger partial charge is 0.294 e. The number of aryl methyl sites for hydroxylation is 2. The number of fused-ring (bicyclic) bond motifs is 1. The van der Waals surface area contributed by atoms with Crippen molar-refractivity contribution in [2.24, 2.45) is 11.8 Å². The van der Waals surface area contributed by atoms with Gasteiger partial charge in [-0.15, -0.1) is 0 Å². The third kappa shape index (κ3) is 1.50. The van der Waals surface area contributed by atoms with E-state index in [9.17, 15) is 4.79 Å². The molecule has 1 aromatic carbocycles. The fourth-order valence-corrected chi connectivity index (χ4v) is 2.63. The first-order valence-corrected chi connectivity index (χ1v) is 5.92. The average molecular weight is 200 g/mol. The maximum atomic E-state index is 12.0. The topological polar surface area (TPSA) is 17.1 Å². The maximum Gasteiger partial charge on any atom is 0.166 e. The molecule has 1 aromatic rings. The Hall–Kier alpha value is -1.11. The van der Waals surface area contributed by atoms with Crippen molar-refractivity contribution in [2.75, 3.05) is 0 Å². The number of Topliss-reactive ketones (excluding diaryl/α,β-unsaturated/α-hetero) is 1. The number of carbonyl (C=O) groups excluding carboxylic acids is 1. The van der Waals surface area contributed by atoms with Crippen LogP contribution in [0.1, 0.15) is 41.3 Å². The monoisotopic (exact) mass is 200 g/mol. The third-order valence-corrected chi connectivity index (χ3v) is 3.83. The predicted molar refractivity (Wildman–Crippen MR) is 60.1 cm³/mol. The van der Waals surface area contributed by atoms with E-state index in [4.69, 9.17) is 0 Å². The molecule has 15 heavy (non-hydrogen) atoms. The second-order valence-corrected chi connectivity index (χ2v) is 5.02. The van der Waals surface area contributed by atoms with Gasteiger partial charge in [0.2, 0.25) is 0 Å². The fourth-order valence-electron chi connectivity index (χ4n) is 2.63. The van der Waals surface area contributed by atoms with E-state index in [-0.39, 0.29) is 0 Å². The summed E-state index contributed by atoms with van der Waals surface area (Å²) in [5.74, 6) is 1.31. The minimum absolute atomic E-state index is 0.324. The van der Waals surface area contributed by atoms with Gasteiger partial charge in [-0.3, -0.25) is 4.79 Å². The van der Waals surface area contributed by atoms with Gasteiger partial charge in [-0.25, -0.2) is 0 Å². The lowest BCUT2D eigenvalue weighted by Gasteiger charge is -2.03. The number of rotatable bonds is 2. The lowest BCUT2D eigenvalue weighted by Crippen LogP contribution is -2.03. The fraction of sp³-hybridized carbons (Fsp3) is 0.500. The molecule has 2 unspecified atom stereocenters. The van der Waals surface area contributed by atoms with E-state index in [0.29, 0.717) is 17.6 Å². The van der Waals surface area contributed by atoms with Crippen molar-refractivity contribution in [1.29, 1.82) is 0 Å². The minimum atomic E-state index is 0.324. The van der Waals surface area contributed by atoms with Crippen molar-refractivity contribution < 1.29 is 4.79 Å². The Morgan fingerprint density at radius 1 is 1.27 bits per heavy atom. The van der Waals surface area contributed by atoms with E-state index in [0.717, 1.165) is 18.4 Å². The zero-order valence-corrected chi connectivity index (χ0v) is 9.12. The Balaban J connectivity index is 1.89. The summed E-state index contributed by atoms with van der Waals surface area (Å²) in [7, 11) is 0. The summed E-state index contributed by atoms with van der Waals surface area (Å²) in [5, 5.41) is 0. The second-order valence-electron chi connectivity index (χ2n) is 5.02. The smallest absolute Gasteiger partial charge is 0.166 e. The molecule has 0 spiro atoms. The molecular weight excluding hydrogens is 184 g/mol. The number of carbonyl (C=O) groups is 1. The Morgan fingerprint density at radius 2 is 2.00 bits per heavy atom. The van der Waals surface area contributed by atoms with Crippen molar-refractivity contribution in [3.8, 4) is 0 Å². The van der Waals surface area contributed by atoms with Crippen LogP contribution in [-0.4, -0.2) is 5.78 Å². The van der Waals surface area contributed by atoms with Crippen molar-refractivity contribution in [1.82, 2.24) is 0 Å². The van der Waals surface area contributed by atoms with Crippen LogP contribution in [-0.2, 0) is 12.8 Å². The highest BCUT2D eigenvalue weighted by atomic mass is 16.1. The van der Waals surface area contributed by atoms with Crippen molar-refractivity contribution in [2.45, 2.75) is 32.6 Å². The number of hydrogen-bond donors (Lipinski definition) is 0. The zero-order chi connectivity index (χ0) is 10.4. The first-order chi connectivity index (χ1) is 7.25. The molecule has 0 radical (unpaired) electrons. The molecule has 0 saturated heterocycles. The molecule has 2 aliphatic rings. The molecule has 1 heteroatoms. The Labute approximate surface area is 90.5 Å². The number of hydrogen-bond acceptors (Lipinski definition) is 1. The lowest BCUT2D eigenvalue weighted by molar-refractivity contribution is 0.0962. The Bertz CT molecular complexity index is 419. The molecule has 0 heterocycles. The molecular formula is C14H16O. The highest BCUT2D eigenvalue weighted by Gasteiger charge is 2.39. The Kier molecular flexibility index (Phi) is 1.95. The van der Waals surface area contributed by atoms with E-state index < -0.39 is 0 Å². The standard InChI is InChI=1S/C14H16O/c1-9-7-13(9)14(15)12-6-5-10-3-2-4-11(10)8-12/h5-6,8-9,13H,2-4,7H2,1H3. The van der Waals surface area contributed by atoms with Crippen LogP contribution in [0.2, 0.25) is 0 Å². The highest BCUT2D eigenvalue weighted by molar-refractivity contribution is 5.99. The van der Waals surface area contributed by atoms with Gasteiger partial charge >= 0.3 is 0 Å². The molecule has 78 valence electrons. The quantitative estimate of drug-likeness (QED) is 0.671. The number of ketones is 1. The summed E-state index contributed by atoms with van der Waals surface area (Å²) in [6, 6.07) is 6.32. The second kappa shape index (κ2) is 3.19. The SMILES string of the molecule is CC1CC1C(=O)c1ccc2c(c1)CCC2. The van der Waals surface area contributed by atoms with Gasteiger partial charge in [0.05, 0.1) is 0 Å².